The Kier molecular flexibility index (Phi) is 3.02. The fourth-order valence-electron chi connectivity index (χ4n) is 1.67. The lowest BCUT2D eigenvalue weighted by Crippen LogP contribution is -2.16. The van der Waals surface area contributed by atoms with Crippen LogP contribution in [0.4, 0.5) is 0 Å². The summed E-state index contributed by atoms with van der Waals surface area (Å²) in [5.74, 6) is 1.07. The van der Waals surface area contributed by atoms with Gasteiger partial charge in [0.25, 0.3) is 0 Å². The Morgan fingerprint density at radius 1 is 1.40 bits per heavy atom. The predicted octanol–water partition coefficient (Wildman–Crippen LogP) is 2.02. The van der Waals surface area contributed by atoms with Gasteiger partial charge in [-0.15, -0.1) is 0 Å². The molecular weight excluding hydrogens is 186 g/mol. The number of rotatable bonds is 4. The number of hydrogen-bond acceptors (Lipinski definition) is 2. The monoisotopic (exact) mass is 203 g/mol. The van der Waals surface area contributed by atoms with E-state index in [1.807, 2.05) is 0 Å². The lowest BCUT2D eigenvalue weighted by molar-refractivity contribution is 0.702. The maximum absolute atomic E-state index is 4.55. The van der Waals surface area contributed by atoms with Crippen LogP contribution in [0.1, 0.15) is 18.3 Å². The normalized spacial score (nSPS) is 11.1. The molecule has 3 nitrogen and oxygen atoms in total. The maximum atomic E-state index is 4.55. The highest BCUT2D eigenvalue weighted by Gasteiger charge is 2.01. The second-order valence-electron chi connectivity index (χ2n) is 3.81. The van der Waals surface area contributed by atoms with Gasteiger partial charge in [0.1, 0.15) is 5.82 Å². The summed E-state index contributed by atoms with van der Waals surface area (Å²) in [5, 5.41) is 3.29. The molecule has 3 heteroatoms. The second-order valence-corrected chi connectivity index (χ2v) is 3.81. The average Bonchev–Trinajstić information content (AvgIpc) is 2.60. The molecule has 0 saturated heterocycles. The number of imidazole rings is 1. The molecule has 0 aliphatic rings. The molecule has 0 amide bonds. The first-order valence-corrected chi connectivity index (χ1v) is 5.45. The van der Waals surface area contributed by atoms with Gasteiger partial charge in [0, 0.05) is 13.0 Å². The summed E-state index contributed by atoms with van der Waals surface area (Å²) in [6.07, 6.45) is 0.960. The summed E-state index contributed by atoms with van der Waals surface area (Å²) in [6.45, 7) is 6.20. The quantitative estimate of drug-likeness (QED) is 0.746. The Labute approximate surface area is 89.9 Å². The van der Waals surface area contributed by atoms with Crippen LogP contribution in [0.3, 0.4) is 0 Å². The molecule has 0 radical (unpaired) electrons. The first-order valence-electron chi connectivity index (χ1n) is 5.45. The van der Waals surface area contributed by atoms with Crippen LogP contribution in [0.5, 0.6) is 0 Å². The van der Waals surface area contributed by atoms with Crippen molar-refractivity contribution in [1.82, 2.24) is 15.3 Å². The number of aryl methyl sites for hydroxylation is 1. The van der Waals surface area contributed by atoms with E-state index in [1.165, 1.54) is 5.56 Å². The molecule has 0 spiro atoms. The molecule has 0 bridgehead atoms. The molecule has 1 aromatic carbocycles. The molecule has 15 heavy (non-hydrogen) atoms. The third-order valence-electron chi connectivity index (χ3n) is 2.48. The van der Waals surface area contributed by atoms with Gasteiger partial charge in [-0.25, -0.2) is 4.98 Å². The number of aromatic amines is 1. The molecule has 1 heterocycles. The molecule has 1 aromatic heterocycles. The molecule has 80 valence electrons. The van der Waals surface area contributed by atoms with E-state index in [9.17, 15) is 0 Å². The van der Waals surface area contributed by atoms with Crippen molar-refractivity contribution in [2.45, 2.75) is 20.3 Å². The number of nitrogens with zero attached hydrogens (tertiary/aromatic N) is 1. The molecule has 0 atom stereocenters. The van der Waals surface area contributed by atoms with E-state index < -0.39 is 0 Å². The van der Waals surface area contributed by atoms with Gasteiger partial charge in [0.2, 0.25) is 0 Å². The number of fused-ring (bicyclic) bond motifs is 1. The van der Waals surface area contributed by atoms with Crippen LogP contribution in [0.2, 0.25) is 0 Å². The molecule has 2 aromatic rings. The van der Waals surface area contributed by atoms with Crippen LogP contribution in [-0.2, 0) is 6.42 Å². The average molecular weight is 203 g/mol. The number of benzene rings is 1. The largest absolute Gasteiger partial charge is 0.342 e. The van der Waals surface area contributed by atoms with Crippen molar-refractivity contribution in [3.63, 3.8) is 0 Å². The Morgan fingerprint density at radius 3 is 3.07 bits per heavy atom. The standard InChI is InChI=1S/C12H17N3/c1-3-13-7-6-12-14-10-5-4-9(2)8-11(10)15-12/h4-5,8,13H,3,6-7H2,1-2H3,(H,14,15). The lowest BCUT2D eigenvalue weighted by atomic mass is 10.2. The van der Waals surface area contributed by atoms with E-state index in [2.05, 4.69) is 47.3 Å². The number of hydrogen-bond donors (Lipinski definition) is 2. The molecular formula is C12H17N3. The highest BCUT2D eigenvalue weighted by molar-refractivity contribution is 5.75. The van der Waals surface area contributed by atoms with Crippen molar-refractivity contribution in [3.8, 4) is 0 Å². The lowest BCUT2D eigenvalue weighted by Gasteiger charge is -1.96. The first kappa shape index (κ1) is 10.2. The van der Waals surface area contributed by atoms with E-state index in [-0.39, 0.29) is 0 Å². The zero-order valence-corrected chi connectivity index (χ0v) is 9.30. The van der Waals surface area contributed by atoms with Gasteiger partial charge in [0.15, 0.2) is 0 Å². The smallest absolute Gasteiger partial charge is 0.108 e. The van der Waals surface area contributed by atoms with Crippen LogP contribution in [0, 0.1) is 6.92 Å². The third kappa shape index (κ3) is 2.36. The van der Waals surface area contributed by atoms with Crippen LogP contribution >= 0.6 is 0 Å². The van der Waals surface area contributed by atoms with Crippen molar-refractivity contribution in [2.75, 3.05) is 13.1 Å². The van der Waals surface area contributed by atoms with Crippen LogP contribution < -0.4 is 5.32 Å². The molecule has 0 unspecified atom stereocenters. The Bertz CT molecular complexity index is 445. The number of aromatic nitrogens is 2. The molecule has 0 aliphatic carbocycles. The van der Waals surface area contributed by atoms with E-state index in [0.717, 1.165) is 36.4 Å². The van der Waals surface area contributed by atoms with E-state index in [1.54, 1.807) is 0 Å². The van der Waals surface area contributed by atoms with Gasteiger partial charge in [-0.2, -0.15) is 0 Å². The molecule has 0 saturated carbocycles. The van der Waals surface area contributed by atoms with E-state index >= 15 is 0 Å². The minimum absolute atomic E-state index is 0.960. The van der Waals surface area contributed by atoms with Crippen molar-refractivity contribution in [3.05, 3.63) is 29.6 Å². The number of likely N-dealkylation sites (N-methyl/N-ethyl adjacent to an activating group) is 1. The highest BCUT2D eigenvalue weighted by Crippen LogP contribution is 2.13. The summed E-state index contributed by atoms with van der Waals surface area (Å²) in [6, 6.07) is 6.31. The SMILES string of the molecule is CCNCCc1nc2cc(C)ccc2[nH]1. The second kappa shape index (κ2) is 4.45. The van der Waals surface area contributed by atoms with Gasteiger partial charge in [-0.3, -0.25) is 0 Å². The van der Waals surface area contributed by atoms with Gasteiger partial charge >= 0.3 is 0 Å². The Morgan fingerprint density at radius 2 is 2.27 bits per heavy atom. The predicted molar refractivity (Wildman–Crippen MR) is 63.1 cm³/mol. The first-order chi connectivity index (χ1) is 7.29. The van der Waals surface area contributed by atoms with E-state index in [4.69, 9.17) is 0 Å². The number of H-pyrrole nitrogens is 1. The Balaban J connectivity index is 2.16. The van der Waals surface area contributed by atoms with Crippen molar-refractivity contribution >= 4 is 11.0 Å². The topological polar surface area (TPSA) is 40.7 Å². The third-order valence-corrected chi connectivity index (χ3v) is 2.48. The summed E-state index contributed by atoms with van der Waals surface area (Å²) >= 11 is 0. The van der Waals surface area contributed by atoms with Crippen LogP contribution in [-0.4, -0.2) is 23.1 Å². The summed E-state index contributed by atoms with van der Waals surface area (Å²) < 4.78 is 0. The zero-order valence-electron chi connectivity index (χ0n) is 9.30. The van der Waals surface area contributed by atoms with Gasteiger partial charge < -0.3 is 10.3 Å². The summed E-state index contributed by atoms with van der Waals surface area (Å²) in [5.41, 5.74) is 3.46. The van der Waals surface area contributed by atoms with Gasteiger partial charge in [0.05, 0.1) is 11.0 Å². The molecule has 0 fully saturated rings. The minimum Gasteiger partial charge on any atom is -0.342 e. The molecule has 2 rings (SSSR count). The minimum atomic E-state index is 0.960. The number of nitrogens with one attached hydrogen (secondary N) is 2. The zero-order chi connectivity index (χ0) is 10.7. The molecule has 2 N–H and O–H groups in total. The van der Waals surface area contributed by atoms with Gasteiger partial charge in [-0.05, 0) is 31.2 Å². The van der Waals surface area contributed by atoms with Crippen molar-refractivity contribution in [2.24, 2.45) is 0 Å². The summed E-state index contributed by atoms with van der Waals surface area (Å²) in [7, 11) is 0. The maximum Gasteiger partial charge on any atom is 0.108 e. The van der Waals surface area contributed by atoms with Crippen LogP contribution in [0.25, 0.3) is 11.0 Å². The van der Waals surface area contributed by atoms with Gasteiger partial charge in [-0.1, -0.05) is 13.0 Å². The fraction of sp³-hybridized carbons (Fsp3) is 0.417. The fourth-order valence-corrected chi connectivity index (χ4v) is 1.67. The molecule has 0 aliphatic heterocycles. The highest BCUT2D eigenvalue weighted by atomic mass is 14.9. The summed E-state index contributed by atoms with van der Waals surface area (Å²) in [4.78, 5) is 7.88. The Hall–Kier alpha value is -1.35. The van der Waals surface area contributed by atoms with Crippen molar-refractivity contribution in [1.29, 1.82) is 0 Å². The van der Waals surface area contributed by atoms with Crippen molar-refractivity contribution < 1.29 is 0 Å². The van der Waals surface area contributed by atoms with Crippen LogP contribution in [0.15, 0.2) is 18.2 Å². The van der Waals surface area contributed by atoms with E-state index in [0.29, 0.717) is 0 Å².